The van der Waals surface area contributed by atoms with Crippen molar-refractivity contribution in [3.05, 3.63) is 52.0 Å². The van der Waals surface area contributed by atoms with E-state index in [1.54, 1.807) is 0 Å². The number of nitrogens with zero attached hydrogens (tertiary/aromatic N) is 1. The van der Waals surface area contributed by atoms with Gasteiger partial charge >= 0.3 is 0 Å². The van der Waals surface area contributed by atoms with Crippen molar-refractivity contribution in [3.8, 4) is 0 Å². The van der Waals surface area contributed by atoms with Crippen molar-refractivity contribution in [1.82, 2.24) is 10.3 Å². The first-order valence-corrected chi connectivity index (χ1v) is 9.16. The van der Waals surface area contributed by atoms with E-state index in [0.29, 0.717) is 18.2 Å². The van der Waals surface area contributed by atoms with Gasteiger partial charge in [0.2, 0.25) is 0 Å². The molecule has 0 spiro atoms. The molecule has 1 aromatic carbocycles. The van der Waals surface area contributed by atoms with Crippen LogP contribution in [0.2, 0.25) is 0 Å². The molecule has 1 unspecified atom stereocenters. The van der Waals surface area contributed by atoms with Crippen LogP contribution in [-0.4, -0.2) is 17.4 Å². The molecule has 1 heterocycles. The summed E-state index contributed by atoms with van der Waals surface area (Å²) in [5.41, 5.74) is 7.25. The molecule has 0 saturated heterocycles. The SMILES string of the molecule is NCCc1nc(C(=O)NC(c2ccccc2)C2CCCC2)cs1. The lowest BCUT2D eigenvalue weighted by Gasteiger charge is -2.25. The lowest BCUT2D eigenvalue weighted by Crippen LogP contribution is -2.33. The van der Waals surface area contributed by atoms with E-state index in [-0.39, 0.29) is 11.9 Å². The Labute approximate surface area is 141 Å². The number of nitrogens with one attached hydrogen (secondary N) is 1. The number of aromatic nitrogens is 1. The van der Waals surface area contributed by atoms with Gasteiger partial charge in [0.05, 0.1) is 11.0 Å². The number of amides is 1. The van der Waals surface area contributed by atoms with Crippen molar-refractivity contribution >= 4 is 17.2 Å². The topological polar surface area (TPSA) is 68.0 Å². The predicted octanol–water partition coefficient (Wildman–Crippen LogP) is 3.31. The van der Waals surface area contributed by atoms with Gasteiger partial charge < -0.3 is 11.1 Å². The second-order valence-electron chi connectivity index (χ2n) is 6.07. The van der Waals surface area contributed by atoms with Crippen LogP contribution in [0, 0.1) is 5.92 Å². The maximum Gasteiger partial charge on any atom is 0.271 e. The Bertz CT molecular complexity index is 635. The molecule has 1 aromatic heterocycles. The first-order valence-electron chi connectivity index (χ1n) is 8.28. The second kappa shape index (κ2) is 7.70. The van der Waals surface area contributed by atoms with Gasteiger partial charge in [0.25, 0.3) is 5.91 Å². The molecule has 1 amide bonds. The number of rotatable bonds is 6. The Morgan fingerprint density at radius 1 is 1.30 bits per heavy atom. The highest BCUT2D eigenvalue weighted by Gasteiger charge is 2.28. The summed E-state index contributed by atoms with van der Waals surface area (Å²) < 4.78 is 0. The third-order valence-corrected chi connectivity index (χ3v) is 5.37. The minimum absolute atomic E-state index is 0.0749. The van der Waals surface area contributed by atoms with Gasteiger partial charge in [-0.25, -0.2) is 4.98 Å². The molecule has 2 aromatic rings. The molecule has 1 aliphatic rings. The van der Waals surface area contributed by atoms with Crippen LogP contribution in [0.3, 0.4) is 0 Å². The zero-order valence-corrected chi connectivity index (χ0v) is 14.0. The largest absolute Gasteiger partial charge is 0.344 e. The maximum atomic E-state index is 12.6. The Morgan fingerprint density at radius 3 is 2.74 bits per heavy atom. The van der Waals surface area contributed by atoms with Gasteiger partial charge in [0.1, 0.15) is 5.69 Å². The molecular weight excluding hydrogens is 306 g/mol. The highest BCUT2D eigenvalue weighted by atomic mass is 32.1. The monoisotopic (exact) mass is 329 g/mol. The minimum atomic E-state index is -0.0784. The zero-order valence-electron chi connectivity index (χ0n) is 13.2. The smallest absolute Gasteiger partial charge is 0.271 e. The fraction of sp³-hybridized carbons (Fsp3) is 0.444. The molecule has 1 saturated carbocycles. The van der Waals surface area contributed by atoms with Gasteiger partial charge in [0, 0.05) is 11.8 Å². The lowest BCUT2D eigenvalue weighted by molar-refractivity contribution is 0.0917. The van der Waals surface area contributed by atoms with Gasteiger partial charge in [0.15, 0.2) is 0 Å². The molecule has 3 N–H and O–H groups in total. The first kappa shape index (κ1) is 16.1. The number of hydrogen-bond donors (Lipinski definition) is 2. The quantitative estimate of drug-likeness (QED) is 0.854. The van der Waals surface area contributed by atoms with Crippen molar-refractivity contribution in [3.63, 3.8) is 0 Å². The summed E-state index contributed by atoms with van der Waals surface area (Å²) in [6.07, 6.45) is 5.58. The third kappa shape index (κ3) is 3.98. The van der Waals surface area contributed by atoms with Gasteiger partial charge in [-0.05, 0) is 30.9 Å². The van der Waals surface area contributed by atoms with Crippen molar-refractivity contribution in [2.45, 2.75) is 38.1 Å². The normalized spacial score (nSPS) is 16.4. The van der Waals surface area contributed by atoms with Gasteiger partial charge in [-0.15, -0.1) is 11.3 Å². The van der Waals surface area contributed by atoms with E-state index in [2.05, 4.69) is 22.4 Å². The van der Waals surface area contributed by atoms with Crippen LogP contribution >= 0.6 is 11.3 Å². The van der Waals surface area contributed by atoms with E-state index in [1.165, 1.54) is 42.6 Å². The summed E-state index contributed by atoms with van der Waals surface area (Å²) in [4.78, 5) is 17.0. The number of benzene rings is 1. The summed E-state index contributed by atoms with van der Waals surface area (Å²) in [7, 11) is 0. The molecule has 0 aliphatic heterocycles. The van der Waals surface area contributed by atoms with E-state index < -0.39 is 0 Å². The number of nitrogens with two attached hydrogens (primary N) is 1. The number of hydrogen-bond acceptors (Lipinski definition) is 4. The molecule has 4 nitrogen and oxygen atoms in total. The van der Waals surface area contributed by atoms with E-state index in [1.807, 2.05) is 23.6 Å². The summed E-state index contributed by atoms with van der Waals surface area (Å²) in [5, 5.41) is 5.98. The second-order valence-corrected chi connectivity index (χ2v) is 7.01. The molecule has 1 fully saturated rings. The summed E-state index contributed by atoms with van der Waals surface area (Å²) in [6, 6.07) is 10.4. The molecular formula is C18H23N3OS. The predicted molar refractivity (Wildman–Crippen MR) is 93.5 cm³/mol. The van der Waals surface area contributed by atoms with Crippen molar-refractivity contribution in [2.24, 2.45) is 11.7 Å². The van der Waals surface area contributed by atoms with Crippen LogP contribution in [0.5, 0.6) is 0 Å². The standard InChI is InChI=1S/C18H23N3OS/c19-11-10-16-20-15(12-23-16)18(22)21-17(14-8-4-5-9-14)13-6-2-1-3-7-13/h1-3,6-7,12,14,17H,4-5,8-11,19H2,(H,21,22). The highest BCUT2D eigenvalue weighted by Crippen LogP contribution is 2.35. The molecule has 23 heavy (non-hydrogen) atoms. The first-order chi connectivity index (χ1) is 11.3. The highest BCUT2D eigenvalue weighted by molar-refractivity contribution is 7.09. The van der Waals surface area contributed by atoms with E-state index >= 15 is 0 Å². The summed E-state index contributed by atoms with van der Waals surface area (Å²) in [5.74, 6) is 0.439. The zero-order chi connectivity index (χ0) is 16.1. The van der Waals surface area contributed by atoms with Gasteiger partial charge in [-0.2, -0.15) is 0 Å². The average Bonchev–Trinajstić information content (AvgIpc) is 3.25. The number of carbonyl (C=O) groups is 1. The van der Waals surface area contributed by atoms with E-state index in [4.69, 9.17) is 5.73 Å². The van der Waals surface area contributed by atoms with E-state index in [0.717, 1.165) is 11.4 Å². The Kier molecular flexibility index (Phi) is 5.41. The maximum absolute atomic E-state index is 12.6. The van der Waals surface area contributed by atoms with Crippen molar-refractivity contribution in [2.75, 3.05) is 6.54 Å². The number of thiazole rings is 1. The van der Waals surface area contributed by atoms with Gasteiger partial charge in [-0.3, -0.25) is 4.79 Å². The van der Waals surface area contributed by atoms with Crippen LogP contribution < -0.4 is 11.1 Å². The number of carbonyl (C=O) groups excluding carboxylic acids is 1. The molecule has 0 bridgehead atoms. The molecule has 122 valence electrons. The average molecular weight is 329 g/mol. The van der Waals surface area contributed by atoms with Crippen molar-refractivity contribution in [1.29, 1.82) is 0 Å². The Hall–Kier alpha value is -1.72. The Morgan fingerprint density at radius 2 is 2.04 bits per heavy atom. The molecule has 1 atom stereocenters. The van der Waals surface area contributed by atoms with E-state index in [9.17, 15) is 4.79 Å². The minimum Gasteiger partial charge on any atom is -0.344 e. The summed E-state index contributed by atoms with van der Waals surface area (Å²) >= 11 is 1.51. The summed E-state index contributed by atoms with van der Waals surface area (Å²) in [6.45, 7) is 0.559. The Balaban J connectivity index is 1.76. The van der Waals surface area contributed by atoms with Crippen LogP contribution in [0.4, 0.5) is 0 Å². The van der Waals surface area contributed by atoms with Gasteiger partial charge in [-0.1, -0.05) is 43.2 Å². The molecule has 0 radical (unpaired) electrons. The van der Waals surface area contributed by atoms with Crippen LogP contribution in [0.1, 0.15) is 52.8 Å². The van der Waals surface area contributed by atoms with Crippen LogP contribution in [-0.2, 0) is 6.42 Å². The molecule has 5 heteroatoms. The lowest BCUT2D eigenvalue weighted by atomic mass is 9.91. The van der Waals surface area contributed by atoms with Crippen LogP contribution in [0.25, 0.3) is 0 Å². The molecule has 3 rings (SSSR count). The van der Waals surface area contributed by atoms with Crippen molar-refractivity contribution < 1.29 is 4.79 Å². The molecule has 1 aliphatic carbocycles. The fourth-order valence-electron chi connectivity index (χ4n) is 3.29. The third-order valence-electron chi connectivity index (χ3n) is 4.46. The fourth-order valence-corrected chi connectivity index (χ4v) is 4.09. The van der Waals surface area contributed by atoms with Crippen LogP contribution in [0.15, 0.2) is 35.7 Å².